The minimum absolute atomic E-state index is 0.495. The Labute approximate surface area is 77.9 Å². The van der Waals surface area contributed by atoms with Crippen LogP contribution in [0.15, 0.2) is 0 Å². The standard InChI is InChI=1S/C12H14O/c1-12-3-6-4-2-5-7(6)10(12)11(13)8(5)9(4)12/h4-10H,2-3H2,1H3/t4-,5+,6?,7?,8?,9?,10?,12+/m0/s1. The molecule has 6 bridgehead atoms. The van der Waals surface area contributed by atoms with E-state index in [1.807, 2.05) is 0 Å². The minimum Gasteiger partial charge on any atom is -0.299 e. The van der Waals surface area contributed by atoms with Crippen LogP contribution in [0.3, 0.4) is 0 Å². The monoisotopic (exact) mass is 174 g/mol. The fourth-order valence-corrected chi connectivity index (χ4v) is 6.79. The van der Waals surface area contributed by atoms with E-state index in [1.165, 1.54) is 12.8 Å². The van der Waals surface area contributed by atoms with Crippen molar-refractivity contribution in [3.8, 4) is 0 Å². The molecule has 0 radical (unpaired) electrons. The Morgan fingerprint density at radius 2 is 2.15 bits per heavy atom. The third kappa shape index (κ3) is 0.340. The lowest BCUT2D eigenvalue weighted by Gasteiger charge is -2.38. The van der Waals surface area contributed by atoms with Crippen LogP contribution in [-0.2, 0) is 4.79 Å². The number of rotatable bonds is 0. The molecule has 6 aliphatic rings. The number of ketones is 1. The van der Waals surface area contributed by atoms with Gasteiger partial charge in [0.2, 0.25) is 0 Å². The fourth-order valence-electron chi connectivity index (χ4n) is 6.79. The van der Waals surface area contributed by atoms with Crippen molar-refractivity contribution < 1.29 is 4.79 Å². The van der Waals surface area contributed by atoms with Gasteiger partial charge in [0.05, 0.1) is 0 Å². The van der Waals surface area contributed by atoms with E-state index in [2.05, 4.69) is 6.92 Å². The Balaban J connectivity index is 1.94. The quantitative estimate of drug-likeness (QED) is 0.546. The molecule has 0 aromatic heterocycles. The van der Waals surface area contributed by atoms with Crippen molar-refractivity contribution >= 4 is 5.78 Å². The van der Waals surface area contributed by atoms with E-state index in [9.17, 15) is 4.79 Å². The molecule has 6 aliphatic carbocycles. The lowest BCUT2D eigenvalue weighted by molar-refractivity contribution is -0.122. The Kier molecular flexibility index (Phi) is 0.633. The van der Waals surface area contributed by atoms with Crippen molar-refractivity contribution in [2.45, 2.75) is 19.8 Å². The van der Waals surface area contributed by atoms with Gasteiger partial charge in [0, 0.05) is 11.8 Å². The molecule has 0 N–H and O–H groups in total. The molecular weight excluding hydrogens is 160 g/mol. The average molecular weight is 174 g/mol. The smallest absolute Gasteiger partial charge is 0.140 e. The van der Waals surface area contributed by atoms with E-state index >= 15 is 0 Å². The number of hydrogen-bond donors (Lipinski definition) is 0. The fraction of sp³-hybridized carbons (Fsp3) is 0.917. The molecule has 0 aromatic rings. The van der Waals surface area contributed by atoms with Crippen LogP contribution in [0.25, 0.3) is 0 Å². The first-order valence-electron chi connectivity index (χ1n) is 5.77. The van der Waals surface area contributed by atoms with Crippen molar-refractivity contribution in [2.75, 3.05) is 0 Å². The number of hydrogen-bond acceptors (Lipinski definition) is 1. The van der Waals surface area contributed by atoms with E-state index in [1.54, 1.807) is 0 Å². The SMILES string of the molecule is C[C@]12CC3C4C1C(=O)C1C2[C@H]3C[C@@H]14. The zero-order valence-corrected chi connectivity index (χ0v) is 7.86. The summed E-state index contributed by atoms with van der Waals surface area (Å²) < 4.78 is 0. The summed E-state index contributed by atoms with van der Waals surface area (Å²) in [5, 5.41) is 0. The molecule has 0 saturated heterocycles. The lowest BCUT2D eigenvalue weighted by Crippen LogP contribution is -2.36. The first-order valence-corrected chi connectivity index (χ1v) is 5.77. The predicted molar refractivity (Wildman–Crippen MR) is 46.8 cm³/mol. The van der Waals surface area contributed by atoms with E-state index in [0.29, 0.717) is 23.0 Å². The number of carbonyl (C=O) groups excluding carboxylic acids is 1. The van der Waals surface area contributed by atoms with E-state index in [0.717, 1.165) is 29.6 Å². The molecule has 6 fully saturated rings. The van der Waals surface area contributed by atoms with Crippen LogP contribution in [-0.4, -0.2) is 5.78 Å². The van der Waals surface area contributed by atoms with Gasteiger partial charge in [-0.2, -0.15) is 0 Å². The van der Waals surface area contributed by atoms with E-state index in [4.69, 9.17) is 0 Å². The molecule has 6 saturated carbocycles. The molecule has 13 heavy (non-hydrogen) atoms. The number of Topliss-reactive ketones (excluding diaryl/α,β-unsaturated/α-hetero) is 1. The van der Waals surface area contributed by atoms with Gasteiger partial charge in [-0.15, -0.1) is 0 Å². The molecule has 8 atom stereocenters. The predicted octanol–water partition coefficient (Wildman–Crippen LogP) is 1.72. The minimum atomic E-state index is 0.495. The third-order valence-corrected chi connectivity index (χ3v) is 6.56. The van der Waals surface area contributed by atoms with Crippen LogP contribution in [0.2, 0.25) is 0 Å². The number of carbonyl (C=O) groups is 1. The van der Waals surface area contributed by atoms with Gasteiger partial charge in [-0.25, -0.2) is 0 Å². The summed E-state index contributed by atoms with van der Waals surface area (Å²) in [5.74, 6) is 6.38. The van der Waals surface area contributed by atoms with Crippen molar-refractivity contribution in [1.82, 2.24) is 0 Å². The molecule has 6 rings (SSSR count). The normalized spacial score (nSPS) is 79.8. The van der Waals surface area contributed by atoms with Crippen molar-refractivity contribution in [3.05, 3.63) is 0 Å². The van der Waals surface area contributed by atoms with Crippen LogP contribution in [0.4, 0.5) is 0 Å². The van der Waals surface area contributed by atoms with Crippen LogP contribution in [0, 0.1) is 46.8 Å². The summed E-state index contributed by atoms with van der Waals surface area (Å²) in [7, 11) is 0. The van der Waals surface area contributed by atoms with Gasteiger partial charge in [0.1, 0.15) is 5.78 Å². The topological polar surface area (TPSA) is 17.1 Å². The summed E-state index contributed by atoms with van der Waals surface area (Å²) in [5.41, 5.74) is 0.495. The Morgan fingerprint density at radius 1 is 1.31 bits per heavy atom. The van der Waals surface area contributed by atoms with Gasteiger partial charge >= 0.3 is 0 Å². The summed E-state index contributed by atoms with van der Waals surface area (Å²) >= 11 is 0. The lowest BCUT2D eigenvalue weighted by atomic mass is 9.64. The van der Waals surface area contributed by atoms with Gasteiger partial charge in [-0.05, 0) is 47.8 Å². The van der Waals surface area contributed by atoms with Gasteiger partial charge in [0.25, 0.3) is 0 Å². The van der Waals surface area contributed by atoms with Crippen molar-refractivity contribution in [2.24, 2.45) is 46.8 Å². The highest BCUT2D eigenvalue weighted by Gasteiger charge is 2.84. The average Bonchev–Trinajstić information content (AvgIpc) is 2.70. The Bertz CT molecular complexity index is 360. The molecule has 5 unspecified atom stereocenters. The summed E-state index contributed by atoms with van der Waals surface area (Å²) in [6.07, 6.45) is 2.85. The molecule has 0 spiro atoms. The molecular formula is C12H14O. The largest absolute Gasteiger partial charge is 0.299 e. The molecule has 1 nitrogen and oxygen atoms in total. The van der Waals surface area contributed by atoms with E-state index < -0.39 is 0 Å². The third-order valence-electron chi connectivity index (χ3n) is 6.56. The first kappa shape index (κ1) is 6.21. The second-order valence-electron chi connectivity index (χ2n) is 6.45. The summed E-state index contributed by atoms with van der Waals surface area (Å²) in [6.45, 7) is 2.43. The zero-order chi connectivity index (χ0) is 8.53. The Hall–Kier alpha value is -0.330. The van der Waals surface area contributed by atoms with Crippen LogP contribution >= 0.6 is 0 Å². The van der Waals surface area contributed by atoms with Crippen LogP contribution < -0.4 is 0 Å². The molecule has 0 amide bonds. The van der Waals surface area contributed by atoms with Crippen LogP contribution in [0.5, 0.6) is 0 Å². The molecule has 1 heteroatoms. The Morgan fingerprint density at radius 3 is 2.92 bits per heavy atom. The second-order valence-corrected chi connectivity index (χ2v) is 6.45. The highest BCUT2D eigenvalue weighted by atomic mass is 16.1. The van der Waals surface area contributed by atoms with Gasteiger partial charge in [-0.1, -0.05) is 6.92 Å². The zero-order valence-electron chi connectivity index (χ0n) is 7.86. The molecule has 0 heterocycles. The van der Waals surface area contributed by atoms with Crippen molar-refractivity contribution in [3.63, 3.8) is 0 Å². The second kappa shape index (κ2) is 1.32. The van der Waals surface area contributed by atoms with Gasteiger partial charge in [-0.3, -0.25) is 4.79 Å². The van der Waals surface area contributed by atoms with Crippen molar-refractivity contribution in [1.29, 1.82) is 0 Å². The van der Waals surface area contributed by atoms with Gasteiger partial charge < -0.3 is 0 Å². The summed E-state index contributed by atoms with van der Waals surface area (Å²) in [4.78, 5) is 12.1. The first-order chi connectivity index (χ1) is 6.23. The maximum Gasteiger partial charge on any atom is 0.140 e. The maximum absolute atomic E-state index is 12.1. The molecule has 68 valence electrons. The van der Waals surface area contributed by atoms with Crippen LogP contribution in [0.1, 0.15) is 19.8 Å². The molecule has 0 aromatic carbocycles. The highest BCUT2D eigenvalue weighted by Crippen LogP contribution is 2.85. The summed E-state index contributed by atoms with van der Waals surface area (Å²) in [6, 6.07) is 0. The molecule has 0 aliphatic heterocycles. The van der Waals surface area contributed by atoms with Gasteiger partial charge in [0.15, 0.2) is 0 Å². The highest BCUT2D eigenvalue weighted by molar-refractivity contribution is 5.92. The maximum atomic E-state index is 12.1. The van der Waals surface area contributed by atoms with E-state index in [-0.39, 0.29) is 0 Å².